The van der Waals surface area contributed by atoms with Gasteiger partial charge in [-0.15, -0.1) is 0 Å². The minimum atomic E-state index is 0.192. The quantitative estimate of drug-likeness (QED) is 0.821. The van der Waals surface area contributed by atoms with Gasteiger partial charge in [-0.3, -0.25) is 9.78 Å². The number of nitrogens with zero attached hydrogens (tertiary/aromatic N) is 1. The molecular formula is C16H18N2O2. The lowest BCUT2D eigenvalue weighted by Crippen LogP contribution is -2.26. The van der Waals surface area contributed by atoms with Gasteiger partial charge in [-0.2, -0.15) is 0 Å². The minimum absolute atomic E-state index is 0.192. The lowest BCUT2D eigenvalue weighted by Gasteiger charge is -2.09. The highest BCUT2D eigenvalue weighted by Crippen LogP contribution is 2.28. The van der Waals surface area contributed by atoms with Crippen molar-refractivity contribution < 1.29 is 9.53 Å². The highest BCUT2D eigenvalue weighted by atomic mass is 16.5. The summed E-state index contributed by atoms with van der Waals surface area (Å²) in [7, 11) is 0. The summed E-state index contributed by atoms with van der Waals surface area (Å²) in [5, 5.41) is 4.01. The van der Waals surface area contributed by atoms with E-state index < -0.39 is 0 Å². The number of rotatable bonds is 6. The van der Waals surface area contributed by atoms with Crippen LogP contribution in [0.15, 0.2) is 36.5 Å². The largest absolute Gasteiger partial charge is 0.491 e. The summed E-state index contributed by atoms with van der Waals surface area (Å²) in [6, 6.07) is 9.85. The fraction of sp³-hybridized carbons (Fsp3) is 0.375. The van der Waals surface area contributed by atoms with Crippen molar-refractivity contribution in [2.45, 2.75) is 19.3 Å². The number of aromatic nitrogens is 1. The number of hydrogen-bond donors (Lipinski definition) is 1. The number of fused-ring (bicyclic) bond motifs is 1. The van der Waals surface area contributed by atoms with Crippen LogP contribution < -0.4 is 10.1 Å². The van der Waals surface area contributed by atoms with Crippen molar-refractivity contribution in [3.8, 4) is 5.75 Å². The number of benzene rings is 1. The number of hydrogen-bond acceptors (Lipinski definition) is 3. The Labute approximate surface area is 118 Å². The van der Waals surface area contributed by atoms with E-state index >= 15 is 0 Å². The van der Waals surface area contributed by atoms with Crippen LogP contribution in [0.2, 0.25) is 0 Å². The summed E-state index contributed by atoms with van der Waals surface area (Å²) in [6.45, 7) is 1.26. The molecule has 1 fully saturated rings. The number of para-hydroxylation sites is 1. The van der Waals surface area contributed by atoms with Gasteiger partial charge in [0.05, 0.1) is 6.61 Å². The van der Waals surface area contributed by atoms with Crippen LogP contribution in [-0.4, -0.2) is 24.0 Å². The third-order valence-electron chi connectivity index (χ3n) is 3.42. The van der Waals surface area contributed by atoms with E-state index in [9.17, 15) is 4.79 Å². The van der Waals surface area contributed by atoms with Crippen molar-refractivity contribution in [2.24, 2.45) is 5.92 Å². The summed E-state index contributed by atoms with van der Waals surface area (Å²) < 4.78 is 5.76. The van der Waals surface area contributed by atoms with E-state index in [1.165, 1.54) is 0 Å². The molecule has 4 nitrogen and oxygen atoms in total. The summed E-state index contributed by atoms with van der Waals surface area (Å²) >= 11 is 0. The monoisotopic (exact) mass is 270 g/mol. The van der Waals surface area contributed by atoms with E-state index in [1.807, 2.05) is 30.3 Å². The van der Waals surface area contributed by atoms with Crippen LogP contribution in [0, 0.1) is 5.92 Å². The molecule has 0 spiro atoms. The predicted octanol–water partition coefficient (Wildman–Crippen LogP) is 2.53. The molecule has 1 saturated carbocycles. The number of carbonyl (C=O) groups excluding carboxylic acids is 1. The first kappa shape index (κ1) is 12.9. The zero-order valence-electron chi connectivity index (χ0n) is 11.3. The molecule has 0 unspecified atom stereocenters. The highest BCUT2D eigenvalue weighted by molar-refractivity contribution is 5.84. The van der Waals surface area contributed by atoms with E-state index in [4.69, 9.17) is 4.74 Å². The highest BCUT2D eigenvalue weighted by Gasteiger charge is 2.28. The van der Waals surface area contributed by atoms with E-state index in [2.05, 4.69) is 10.3 Å². The Hall–Kier alpha value is -2.10. The Balaban J connectivity index is 1.48. The number of carbonyl (C=O) groups is 1. The number of pyridine rings is 1. The van der Waals surface area contributed by atoms with Crippen LogP contribution >= 0.6 is 0 Å². The molecule has 0 bridgehead atoms. The van der Waals surface area contributed by atoms with Gasteiger partial charge in [0.1, 0.15) is 11.3 Å². The first-order valence-electron chi connectivity index (χ1n) is 7.09. The maximum atomic E-state index is 11.5. The molecule has 2 aromatic rings. The zero-order chi connectivity index (χ0) is 13.8. The summed E-state index contributed by atoms with van der Waals surface area (Å²) in [5.74, 6) is 1.27. The molecule has 1 aromatic heterocycles. The summed E-state index contributed by atoms with van der Waals surface area (Å²) in [5.41, 5.74) is 0.886. The Morgan fingerprint density at radius 1 is 1.30 bits per heavy atom. The number of ether oxygens (including phenoxy) is 1. The zero-order valence-corrected chi connectivity index (χ0v) is 11.3. The first-order valence-corrected chi connectivity index (χ1v) is 7.09. The maximum Gasteiger partial charge on any atom is 0.223 e. The normalized spacial score (nSPS) is 14.2. The summed E-state index contributed by atoms with van der Waals surface area (Å²) in [6.07, 6.45) is 4.67. The molecule has 20 heavy (non-hydrogen) atoms. The second kappa shape index (κ2) is 5.90. The van der Waals surface area contributed by atoms with Crippen molar-refractivity contribution >= 4 is 16.8 Å². The molecule has 1 amide bonds. The topological polar surface area (TPSA) is 51.2 Å². The Bertz CT molecular complexity index is 603. The number of nitrogens with one attached hydrogen (secondary N) is 1. The van der Waals surface area contributed by atoms with Crippen LogP contribution in [0.5, 0.6) is 5.75 Å². The van der Waals surface area contributed by atoms with Gasteiger partial charge < -0.3 is 10.1 Å². The molecule has 1 heterocycles. The lowest BCUT2D eigenvalue weighted by molar-refractivity contribution is -0.122. The molecule has 1 aliphatic carbocycles. The van der Waals surface area contributed by atoms with Gasteiger partial charge in [-0.05, 0) is 31.4 Å². The van der Waals surface area contributed by atoms with Crippen LogP contribution in [0.25, 0.3) is 10.9 Å². The fourth-order valence-electron chi connectivity index (χ4n) is 2.15. The lowest BCUT2D eigenvalue weighted by atomic mass is 10.2. The molecule has 3 rings (SSSR count). The first-order chi connectivity index (χ1) is 9.84. The molecule has 1 N–H and O–H groups in total. The molecule has 0 aliphatic heterocycles. The molecule has 0 saturated heterocycles. The average Bonchev–Trinajstić information content (AvgIpc) is 3.31. The number of amides is 1. The van der Waals surface area contributed by atoms with Gasteiger partial charge in [0.25, 0.3) is 0 Å². The molecule has 0 atom stereocenters. The maximum absolute atomic E-state index is 11.5. The third kappa shape index (κ3) is 3.07. The van der Waals surface area contributed by atoms with Crippen molar-refractivity contribution in [3.05, 3.63) is 36.5 Å². The molecule has 4 heteroatoms. The van der Waals surface area contributed by atoms with Crippen molar-refractivity contribution in [2.75, 3.05) is 13.2 Å². The van der Waals surface area contributed by atoms with Crippen LogP contribution in [0.3, 0.4) is 0 Å². The summed E-state index contributed by atoms with van der Waals surface area (Å²) in [4.78, 5) is 15.8. The van der Waals surface area contributed by atoms with E-state index in [0.29, 0.717) is 13.2 Å². The third-order valence-corrected chi connectivity index (χ3v) is 3.42. The minimum Gasteiger partial charge on any atom is -0.491 e. The predicted molar refractivity (Wildman–Crippen MR) is 77.6 cm³/mol. The van der Waals surface area contributed by atoms with E-state index in [-0.39, 0.29) is 11.8 Å². The van der Waals surface area contributed by atoms with Crippen molar-refractivity contribution in [1.82, 2.24) is 10.3 Å². The van der Waals surface area contributed by atoms with Gasteiger partial charge in [0.2, 0.25) is 5.91 Å². The second-order valence-corrected chi connectivity index (χ2v) is 5.10. The van der Waals surface area contributed by atoms with E-state index in [1.54, 1.807) is 6.20 Å². The van der Waals surface area contributed by atoms with Crippen LogP contribution in [0.4, 0.5) is 0 Å². The van der Waals surface area contributed by atoms with Crippen molar-refractivity contribution in [3.63, 3.8) is 0 Å². The van der Waals surface area contributed by atoms with Gasteiger partial charge in [0, 0.05) is 24.0 Å². The smallest absolute Gasteiger partial charge is 0.223 e. The van der Waals surface area contributed by atoms with Gasteiger partial charge in [-0.25, -0.2) is 0 Å². The SMILES string of the molecule is O=C(NCCCOc1cccc2cccnc12)C1CC1. The fourth-order valence-corrected chi connectivity index (χ4v) is 2.15. The second-order valence-electron chi connectivity index (χ2n) is 5.10. The molecule has 104 valence electrons. The van der Waals surface area contributed by atoms with Gasteiger partial charge >= 0.3 is 0 Å². The van der Waals surface area contributed by atoms with E-state index in [0.717, 1.165) is 35.9 Å². The van der Waals surface area contributed by atoms with Crippen molar-refractivity contribution in [1.29, 1.82) is 0 Å². The Morgan fingerprint density at radius 2 is 2.15 bits per heavy atom. The molecule has 1 aromatic carbocycles. The van der Waals surface area contributed by atoms with Crippen LogP contribution in [0.1, 0.15) is 19.3 Å². The Kier molecular flexibility index (Phi) is 3.81. The van der Waals surface area contributed by atoms with Gasteiger partial charge in [0.15, 0.2) is 0 Å². The average molecular weight is 270 g/mol. The Morgan fingerprint density at radius 3 is 3.00 bits per heavy atom. The molecule has 0 radical (unpaired) electrons. The molecular weight excluding hydrogens is 252 g/mol. The van der Waals surface area contributed by atoms with Gasteiger partial charge in [-0.1, -0.05) is 18.2 Å². The van der Waals surface area contributed by atoms with Crippen LogP contribution in [-0.2, 0) is 4.79 Å². The standard InChI is InChI=1S/C16H18N2O2/c19-16(13-7-8-13)18-10-3-11-20-14-6-1-4-12-5-2-9-17-15(12)14/h1-2,4-6,9,13H,3,7-8,10-11H2,(H,18,19). The molecule has 1 aliphatic rings.